The fraction of sp³-hybridized carbons (Fsp3) is 0.0952. The third kappa shape index (κ3) is 5.13. The Labute approximate surface area is 169 Å². The number of nitro groups is 1. The molecule has 6 nitrogen and oxygen atoms in total. The van der Waals surface area contributed by atoms with Gasteiger partial charge in [-0.25, -0.2) is 0 Å². The molecule has 0 fully saturated rings. The van der Waals surface area contributed by atoms with E-state index in [4.69, 9.17) is 0 Å². The lowest BCUT2D eigenvalue weighted by Crippen LogP contribution is -2.16. The fourth-order valence-corrected chi connectivity index (χ4v) is 2.75. The number of carbonyl (C=O) groups excluding carboxylic acids is 1. The van der Waals surface area contributed by atoms with E-state index < -0.39 is 22.6 Å². The van der Waals surface area contributed by atoms with Crippen LogP contribution in [-0.4, -0.2) is 10.8 Å². The Morgan fingerprint density at radius 2 is 1.70 bits per heavy atom. The van der Waals surface area contributed by atoms with Crippen LogP contribution in [-0.2, 0) is 12.7 Å². The highest BCUT2D eigenvalue weighted by molar-refractivity contribution is 6.08. The van der Waals surface area contributed by atoms with Crippen molar-refractivity contribution in [2.45, 2.75) is 12.7 Å². The Morgan fingerprint density at radius 1 is 0.967 bits per heavy atom. The number of rotatable bonds is 6. The molecule has 0 saturated heterocycles. The van der Waals surface area contributed by atoms with Crippen LogP contribution >= 0.6 is 0 Å². The van der Waals surface area contributed by atoms with E-state index in [1.54, 1.807) is 0 Å². The average molecular weight is 415 g/mol. The second-order valence-corrected chi connectivity index (χ2v) is 6.36. The lowest BCUT2D eigenvalue weighted by Gasteiger charge is -2.13. The Hall–Kier alpha value is -3.88. The molecule has 0 atom stereocenters. The standard InChI is InChI=1S/C21H16F3N3O3/c22-21(23,24)15-7-4-8-16(11-15)26-20(28)18-12-17(27(29)30)9-10-19(18)25-13-14-5-2-1-3-6-14/h1-12,25H,13H2,(H,26,28). The molecule has 0 unspecified atom stereocenters. The van der Waals surface area contributed by atoms with Crippen molar-refractivity contribution in [2.75, 3.05) is 10.6 Å². The van der Waals surface area contributed by atoms with Crippen LogP contribution in [0.3, 0.4) is 0 Å². The highest BCUT2D eigenvalue weighted by Gasteiger charge is 2.30. The molecule has 0 heterocycles. The van der Waals surface area contributed by atoms with E-state index in [1.807, 2.05) is 30.3 Å². The molecule has 0 radical (unpaired) electrons. The summed E-state index contributed by atoms with van der Waals surface area (Å²) < 4.78 is 38.7. The third-order valence-electron chi connectivity index (χ3n) is 4.23. The molecular formula is C21H16F3N3O3. The van der Waals surface area contributed by atoms with Gasteiger partial charge in [0.05, 0.1) is 16.1 Å². The quantitative estimate of drug-likeness (QED) is 0.413. The van der Waals surface area contributed by atoms with Crippen molar-refractivity contribution < 1.29 is 22.9 Å². The van der Waals surface area contributed by atoms with Crippen molar-refractivity contribution in [1.82, 2.24) is 0 Å². The van der Waals surface area contributed by atoms with Gasteiger partial charge in [-0.2, -0.15) is 13.2 Å². The molecule has 0 saturated carbocycles. The van der Waals surface area contributed by atoms with E-state index in [2.05, 4.69) is 10.6 Å². The number of benzene rings is 3. The molecular weight excluding hydrogens is 399 g/mol. The first kappa shape index (κ1) is 20.8. The Balaban J connectivity index is 1.87. The number of nitro benzene ring substituents is 1. The molecule has 0 aliphatic heterocycles. The summed E-state index contributed by atoms with van der Waals surface area (Å²) in [7, 11) is 0. The topological polar surface area (TPSA) is 84.3 Å². The van der Waals surface area contributed by atoms with Gasteiger partial charge in [-0.3, -0.25) is 14.9 Å². The molecule has 154 valence electrons. The molecule has 0 aliphatic carbocycles. The molecule has 0 aromatic heterocycles. The number of non-ortho nitro benzene ring substituents is 1. The van der Waals surface area contributed by atoms with E-state index in [1.165, 1.54) is 24.3 Å². The van der Waals surface area contributed by atoms with E-state index in [0.717, 1.165) is 23.8 Å². The summed E-state index contributed by atoms with van der Waals surface area (Å²) in [5, 5.41) is 16.5. The number of nitrogens with one attached hydrogen (secondary N) is 2. The van der Waals surface area contributed by atoms with Crippen LogP contribution < -0.4 is 10.6 Å². The maximum atomic E-state index is 12.9. The lowest BCUT2D eigenvalue weighted by molar-refractivity contribution is -0.384. The minimum atomic E-state index is -4.56. The molecule has 1 amide bonds. The molecule has 0 bridgehead atoms. The molecule has 0 spiro atoms. The van der Waals surface area contributed by atoms with Crippen LogP contribution in [0.4, 0.5) is 30.2 Å². The van der Waals surface area contributed by atoms with Gasteiger partial charge in [0, 0.05) is 30.1 Å². The molecule has 30 heavy (non-hydrogen) atoms. The lowest BCUT2D eigenvalue weighted by atomic mass is 10.1. The molecule has 3 aromatic rings. The van der Waals surface area contributed by atoms with Crippen LogP contribution in [0.25, 0.3) is 0 Å². The predicted molar refractivity (Wildman–Crippen MR) is 106 cm³/mol. The summed E-state index contributed by atoms with van der Waals surface area (Å²) in [5.74, 6) is -0.770. The normalized spacial score (nSPS) is 11.0. The first-order valence-electron chi connectivity index (χ1n) is 8.79. The van der Waals surface area contributed by atoms with E-state index >= 15 is 0 Å². The zero-order chi connectivity index (χ0) is 21.7. The van der Waals surface area contributed by atoms with Gasteiger partial charge in [0.1, 0.15) is 0 Å². The number of carbonyl (C=O) groups is 1. The van der Waals surface area contributed by atoms with Crippen molar-refractivity contribution in [2.24, 2.45) is 0 Å². The molecule has 3 aromatic carbocycles. The zero-order valence-electron chi connectivity index (χ0n) is 15.4. The highest BCUT2D eigenvalue weighted by Crippen LogP contribution is 2.31. The van der Waals surface area contributed by atoms with Crippen LogP contribution in [0.1, 0.15) is 21.5 Å². The van der Waals surface area contributed by atoms with Crippen molar-refractivity contribution in [3.63, 3.8) is 0 Å². The fourth-order valence-electron chi connectivity index (χ4n) is 2.75. The Kier molecular flexibility index (Phi) is 6.01. The number of nitrogens with zero attached hydrogens (tertiary/aromatic N) is 1. The maximum absolute atomic E-state index is 12.9. The smallest absolute Gasteiger partial charge is 0.380 e. The van der Waals surface area contributed by atoms with Crippen LogP contribution in [0.2, 0.25) is 0 Å². The molecule has 3 rings (SSSR count). The van der Waals surface area contributed by atoms with Gasteiger partial charge in [-0.15, -0.1) is 0 Å². The minimum absolute atomic E-state index is 0.0578. The number of amides is 1. The van der Waals surface area contributed by atoms with Crippen LogP contribution in [0.15, 0.2) is 72.8 Å². The van der Waals surface area contributed by atoms with Gasteiger partial charge in [-0.05, 0) is 29.8 Å². The van der Waals surface area contributed by atoms with Crippen molar-refractivity contribution in [3.05, 3.63) is 99.6 Å². The Morgan fingerprint density at radius 3 is 2.37 bits per heavy atom. The van der Waals surface area contributed by atoms with Gasteiger partial charge < -0.3 is 10.6 Å². The van der Waals surface area contributed by atoms with Gasteiger partial charge in [0.2, 0.25) is 0 Å². The largest absolute Gasteiger partial charge is 0.416 e. The first-order chi connectivity index (χ1) is 14.2. The SMILES string of the molecule is O=C(Nc1cccc(C(F)(F)F)c1)c1cc([N+](=O)[O-])ccc1NCc1ccccc1. The summed E-state index contributed by atoms with van der Waals surface area (Å²) in [4.78, 5) is 23.2. The van der Waals surface area contributed by atoms with Gasteiger partial charge in [-0.1, -0.05) is 36.4 Å². The number of hydrogen-bond acceptors (Lipinski definition) is 4. The van der Waals surface area contributed by atoms with Crippen molar-refractivity contribution >= 4 is 23.0 Å². The summed E-state index contributed by atoms with van der Waals surface area (Å²) in [6.07, 6.45) is -4.56. The number of hydrogen-bond donors (Lipinski definition) is 2. The van der Waals surface area contributed by atoms with E-state index in [9.17, 15) is 28.1 Å². The maximum Gasteiger partial charge on any atom is 0.416 e. The van der Waals surface area contributed by atoms with Crippen LogP contribution in [0.5, 0.6) is 0 Å². The van der Waals surface area contributed by atoms with Gasteiger partial charge in [0.25, 0.3) is 11.6 Å². The Bertz CT molecular complexity index is 1070. The summed E-state index contributed by atoms with van der Waals surface area (Å²) in [5.41, 5.74) is -0.127. The molecule has 2 N–H and O–H groups in total. The zero-order valence-corrected chi connectivity index (χ0v) is 15.4. The molecule has 9 heteroatoms. The van der Waals surface area contributed by atoms with Crippen molar-refractivity contribution in [3.8, 4) is 0 Å². The monoisotopic (exact) mass is 415 g/mol. The van der Waals surface area contributed by atoms with Crippen molar-refractivity contribution in [1.29, 1.82) is 0 Å². The van der Waals surface area contributed by atoms with Gasteiger partial charge >= 0.3 is 6.18 Å². The van der Waals surface area contributed by atoms with E-state index in [-0.39, 0.29) is 16.9 Å². The minimum Gasteiger partial charge on any atom is -0.380 e. The van der Waals surface area contributed by atoms with E-state index in [0.29, 0.717) is 12.2 Å². The average Bonchev–Trinajstić information content (AvgIpc) is 2.72. The molecule has 0 aliphatic rings. The summed E-state index contributed by atoms with van der Waals surface area (Å²) >= 11 is 0. The predicted octanol–water partition coefficient (Wildman–Crippen LogP) is 5.48. The summed E-state index contributed by atoms with van der Waals surface area (Å²) in [6, 6.07) is 17.1. The second-order valence-electron chi connectivity index (χ2n) is 6.36. The van der Waals surface area contributed by atoms with Gasteiger partial charge in [0.15, 0.2) is 0 Å². The summed E-state index contributed by atoms with van der Waals surface area (Å²) in [6.45, 7) is 0.350. The number of halogens is 3. The second kappa shape index (κ2) is 8.64. The third-order valence-corrected chi connectivity index (χ3v) is 4.23. The highest BCUT2D eigenvalue weighted by atomic mass is 19.4. The first-order valence-corrected chi connectivity index (χ1v) is 8.79. The number of anilines is 2. The number of alkyl halides is 3. The van der Waals surface area contributed by atoms with Crippen LogP contribution in [0, 0.1) is 10.1 Å².